The normalized spacial score (nSPS) is 18.0. The van der Waals surface area contributed by atoms with Gasteiger partial charge in [-0.05, 0) is 24.1 Å². The summed E-state index contributed by atoms with van der Waals surface area (Å²) in [6.45, 7) is 6.41. The number of rotatable bonds is 5. The molecule has 1 aliphatic rings. The van der Waals surface area contributed by atoms with Crippen LogP contribution >= 0.6 is 0 Å². The molecule has 0 aliphatic carbocycles. The summed E-state index contributed by atoms with van der Waals surface area (Å²) in [4.78, 5) is 20.4. The lowest BCUT2D eigenvalue weighted by Gasteiger charge is -2.35. The summed E-state index contributed by atoms with van der Waals surface area (Å²) in [5.74, 6) is 0.197. The second kappa shape index (κ2) is 7.36. The lowest BCUT2D eigenvalue weighted by Crippen LogP contribution is -2.49. The highest BCUT2D eigenvalue weighted by molar-refractivity contribution is 5.76. The summed E-state index contributed by atoms with van der Waals surface area (Å²) in [5, 5.41) is 0. The molecule has 2 heterocycles. The highest BCUT2D eigenvalue weighted by Crippen LogP contribution is 2.09. The van der Waals surface area contributed by atoms with E-state index in [1.165, 1.54) is 5.56 Å². The van der Waals surface area contributed by atoms with E-state index in [0.29, 0.717) is 6.42 Å². The van der Waals surface area contributed by atoms with Gasteiger partial charge in [-0.25, -0.2) is 0 Å². The minimum Gasteiger partial charge on any atom is -0.340 e. The van der Waals surface area contributed by atoms with E-state index in [9.17, 15) is 4.79 Å². The zero-order valence-electron chi connectivity index (χ0n) is 12.2. The Kier molecular flexibility index (Phi) is 5.49. The predicted octanol–water partition coefficient (Wildman–Crippen LogP) is 0.853. The Balaban J connectivity index is 1.76. The molecule has 1 atom stereocenters. The van der Waals surface area contributed by atoms with Crippen LogP contribution in [0.25, 0.3) is 0 Å². The Morgan fingerprint density at radius 1 is 1.30 bits per heavy atom. The molecule has 20 heavy (non-hydrogen) atoms. The molecule has 1 saturated heterocycles. The first-order valence-electron chi connectivity index (χ1n) is 7.33. The standard InChI is InChI=1S/C15H24N4O/c1-2-14(16)11-15(20)19-9-7-18(8-10-19)12-13-3-5-17-6-4-13/h3-6,14H,2,7-12,16H2,1H3. The van der Waals surface area contributed by atoms with Gasteiger partial charge in [0.15, 0.2) is 0 Å². The molecular formula is C15H24N4O. The molecule has 5 heteroatoms. The van der Waals surface area contributed by atoms with E-state index in [1.54, 1.807) is 0 Å². The van der Waals surface area contributed by atoms with Gasteiger partial charge in [0.05, 0.1) is 0 Å². The van der Waals surface area contributed by atoms with E-state index < -0.39 is 0 Å². The number of aromatic nitrogens is 1. The zero-order chi connectivity index (χ0) is 14.4. The topological polar surface area (TPSA) is 62.5 Å². The van der Waals surface area contributed by atoms with Gasteiger partial charge in [0, 0.05) is 57.6 Å². The Labute approximate surface area is 120 Å². The van der Waals surface area contributed by atoms with E-state index in [2.05, 4.69) is 9.88 Å². The van der Waals surface area contributed by atoms with E-state index in [-0.39, 0.29) is 11.9 Å². The smallest absolute Gasteiger partial charge is 0.224 e. The fraction of sp³-hybridized carbons (Fsp3) is 0.600. The number of hydrogen-bond acceptors (Lipinski definition) is 4. The summed E-state index contributed by atoms with van der Waals surface area (Å²) < 4.78 is 0. The summed E-state index contributed by atoms with van der Waals surface area (Å²) in [6, 6.07) is 4.08. The summed E-state index contributed by atoms with van der Waals surface area (Å²) in [7, 11) is 0. The number of pyridine rings is 1. The van der Waals surface area contributed by atoms with Gasteiger partial charge in [0.25, 0.3) is 0 Å². The molecule has 5 nitrogen and oxygen atoms in total. The Morgan fingerprint density at radius 3 is 2.55 bits per heavy atom. The quantitative estimate of drug-likeness (QED) is 0.866. The molecule has 1 fully saturated rings. The van der Waals surface area contributed by atoms with Crippen LogP contribution in [0.3, 0.4) is 0 Å². The molecule has 0 bridgehead atoms. The fourth-order valence-electron chi connectivity index (χ4n) is 2.40. The van der Waals surface area contributed by atoms with Crippen molar-refractivity contribution >= 4 is 5.91 Å². The number of nitrogens with two attached hydrogens (primary N) is 1. The van der Waals surface area contributed by atoms with Crippen LogP contribution in [0.4, 0.5) is 0 Å². The number of piperazine rings is 1. The van der Waals surface area contributed by atoms with Crippen LogP contribution in [0.5, 0.6) is 0 Å². The van der Waals surface area contributed by atoms with Gasteiger partial charge in [-0.15, -0.1) is 0 Å². The molecular weight excluding hydrogens is 252 g/mol. The van der Waals surface area contributed by atoms with Crippen molar-refractivity contribution in [3.63, 3.8) is 0 Å². The predicted molar refractivity (Wildman–Crippen MR) is 79.0 cm³/mol. The first-order valence-corrected chi connectivity index (χ1v) is 7.33. The van der Waals surface area contributed by atoms with E-state index in [1.807, 2.05) is 36.4 Å². The third kappa shape index (κ3) is 4.28. The minimum absolute atomic E-state index is 0.00246. The Morgan fingerprint density at radius 2 is 1.95 bits per heavy atom. The molecule has 2 N–H and O–H groups in total. The molecule has 0 spiro atoms. The lowest BCUT2D eigenvalue weighted by atomic mass is 10.1. The summed E-state index contributed by atoms with van der Waals surface area (Å²) in [5.41, 5.74) is 7.12. The third-order valence-electron chi connectivity index (χ3n) is 3.84. The van der Waals surface area contributed by atoms with Crippen molar-refractivity contribution in [2.75, 3.05) is 26.2 Å². The van der Waals surface area contributed by atoms with Crippen LogP contribution in [0, 0.1) is 0 Å². The van der Waals surface area contributed by atoms with Crippen molar-refractivity contribution in [1.29, 1.82) is 0 Å². The monoisotopic (exact) mass is 276 g/mol. The first-order chi connectivity index (χ1) is 9.69. The average molecular weight is 276 g/mol. The number of hydrogen-bond donors (Lipinski definition) is 1. The number of nitrogens with zero attached hydrogens (tertiary/aromatic N) is 3. The van der Waals surface area contributed by atoms with Crippen LogP contribution in [0.2, 0.25) is 0 Å². The maximum absolute atomic E-state index is 12.1. The van der Waals surface area contributed by atoms with Gasteiger partial charge in [0.1, 0.15) is 0 Å². The number of amides is 1. The minimum atomic E-state index is -0.00246. The van der Waals surface area contributed by atoms with Gasteiger partial charge < -0.3 is 10.6 Å². The molecule has 1 unspecified atom stereocenters. The van der Waals surface area contributed by atoms with Crippen molar-refractivity contribution in [3.05, 3.63) is 30.1 Å². The highest BCUT2D eigenvalue weighted by Gasteiger charge is 2.21. The van der Waals surface area contributed by atoms with Gasteiger partial charge >= 0.3 is 0 Å². The molecule has 2 rings (SSSR count). The SMILES string of the molecule is CCC(N)CC(=O)N1CCN(Cc2ccncc2)CC1. The molecule has 0 saturated carbocycles. The molecule has 0 aromatic carbocycles. The van der Waals surface area contributed by atoms with Crippen LogP contribution < -0.4 is 5.73 Å². The highest BCUT2D eigenvalue weighted by atomic mass is 16.2. The first kappa shape index (κ1) is 14.9. The van der Waals surface area contributed by atoms with Gasteiger partial charge in [-0.2, -0.15) is 0 Å². The summed E-state index contributed by atoms with van der Waals surface area (Å²) in [6.07, 6.45) is 4.97. The van der Waals surface area contributed by atoms with E-state index in [4.69, 9.17) is 5.73 Å². The van der Waals surface area contributed by atoms with E-state index >= 15 is 0 Å². The molecule has 1 aliphatic heterocycles. The molecule has 0 radical (unpaired) electrons. The second-order valence-electron chi connectivity index (χ2n) is 5.38. The Bertz CT molecular complexity index is 415. The molecule has 1 aromatic rings. The fourth-order valence-corrected chi connectivity index (χ4v) is 2.40. The van der Waals surface area contributed by atoms with Crippen molar-refractivity contribution in [3.8, 4) is 0 Å². The lowest BCUT2D eigenvalue weighted by molar-refractivity contribution is -0.133. The molecule has 1 aromatic heterocycles. The van der Waals surface area contributed by atoms with Crippen LogP contribution in [-0.2, 0) is 11.3 Å². The van der Waals surface area contributed by atoms with Crippen molar-refractivity contribution in [2.24, 2.45) is 5.73 Å². The van der Waals surface area contributed by atoms with Crippen molar-refractivity contribution in [2.45, 2.75) is 32.4 Å². The summed E-state index contributed by atoms with van der Waals surface area (Å²) >= 11 is 0. The van der Waals surface area contributed by atoms with Gasteiger partial charge in [-0.3, -0.25) is 14.7 Å². The van der Waals surface area contributed by atoms with Crippen LogP contribution in [0.1, 0.15) is 25.3 Å². The maximum atomic E-state index is 12.1. The van der Waals surface area contributed by atoms with Crippen molar-refractivity contribution < 1.29 is 4.79 Å². The Hall–Kier alpha value is -1.46. The second-order valence-corrected chi connectivity index (χ2v) is 5.38. The van der Waals surface area contributed by atoms with E-state index in [0.717, 1.165) is 39.1 Å². The largest absolute Gasteiger partial charge is 0.340 e. The van der Waals surface area contributed by atoms with Gasteiger partial charge in [-0.1, -0.05) is 6.92 Å². The number of carbonyl (C=O) groups is 1. The van der Waals surface area contributed by atoms with Crippen molar-refractivity contribution in [1.82, 2.24) is 14.8 Å². The third-order valence-corrected chi connectivity index (χ3v) is 3.84. The van der Waals surface area contributed by atoms with Crippen LogP contribution in [0.15, 0.2) is 24.5 Å². The molecule has 110 valence electrons. The molecule has 1 amide bonds. The number of carbonyl (C=O) groups excluding carboxylic acids is 1. The maximum Gasteiger partial charge on any atom is 0.224 e. The van der Waals surface area contributed by atoms with Crippen LogP contribution in [-0.4, -0.2) is 52.9 Å². The van der Waals surface area contributed by atoms with Gasteiger partial charge in [0.2, 0.25) is 5.91 Å². The zero-order valence-corrected chi connectivity index (χ0v) is 12.2. The average Bonchev–Trinajstić information content (AvgIpc) is 2.49.